The third-order valence-electron chi connectivity index (χ3n) is 4.27. The van der Waals surface area contributed by atoms with Gasteiger partial charge in [-0.2, -0.15) is 5.26 Å². The average molecular weight is 396 g/mol. The minimum atomic E-state index is -0.0936. The standard InChI is InChI=1S/C25H22N3O2/c26-19-22(24-11-4-5-14-27-24)17-21-9-6-10-23(18-21)30-16-13-25(29)28-15-12-20-7-2-1-3-8-20/h1-11,14-15,17-18H,12-13,16H2,(H,28,29). The molecule has 3 rings (SSSR count). The SMILES string of the molecule is N#CC(=Cc1cccc(OCCC(=O)N[CH]Cc2ccccc2)c1)c1ccccn1. The molecule has 2 aromatic carbocycles. The summed E-state index contributed by atoms with van der Waals surface area (Å²) in [4.78, 5) is 16.2. The molecule has 1 amide bonds. The number of ether oxygens (including phenoxy) is 1. The van der Waals surface area contributed by atoms with Crippen molar-refractivity contribution in [3.05, 3.63) is 102 Å². The summed E-state index contributed by atoms with van der Waals surface area (Å²) < 4.78 is 5.70. The van der Waals surface area contributed by atoms with Crippen molar-refractivity contribution in [2.75, 3.05) is 6.61 Å². The fraction of sp³-hybridized carbons (Fsp3) is 0.120. The first-order valence-electron chi connectivity index (χ1n) is 9.65. The Morgan fingerprint density at radius 3 is 2.67 bits per heavy atom. The molecule has 1 heterocycles. The minimum Gasteiger partial charge on any atom is -0.493 e. The smallest absolute Gasteiger partial charge is 0.223 e. The molecule has 5 heteroatoms. The third kappa shape index (κ3) is 6.61. The van der Waals surface area contributed by atoms with Crippen LogP contribution in [0, 0.1) is 17.9 Å². The summed E-state index contributed by atoms with van der Waals surface area (Å²) in [5, 5.41) is 12.2. The van der Waals surface area contributed by atoms with Crippen molar-refractivity contribution in [2.24, 2.45) is 0 Å². The second kappa shape index (κ2) is 11.2. The zero-order valence-corrected chi connectivity index (χ0v) is 16.5. The van der Waals surface area contributed by atoms with E-state index in [-0.39, 0.29) is 18.9 Å². The van der Waals surface area contributed by atoms with Crippen LogP contribution in [-0.4, -0.2) is 17.5 Å². The first kappa shape index (κ1) is 20.8. The number of allylic oxidation sites excluding steroid dienone is 1. The molecule has 0 spiro atoms. The Bertz CT molecular complexity index is 1030. The number of hydrogen-bond acceptors (Lipinski definition) is 4. The summed E-state index contributed by atoms with van der Waals surface area (Å²) in [6.45, 7) is 2.02. The molecule has 5 nitrogen and oxygen atoms in total. The zero-order chi connectivity index (χ0) is 21.0. The topological polar surface area (TPSA) is 75.0 Å². The van der Waals surface area contributed by atoms with E-state index in [1.807, 2.05) is 66.7 Å². The van der Waals surface area contributed by atoms with Gasteiger partial charge in [-0.15, -0.1) is 0 Å². The molecule has 1 N–H and O–H groups in total. The number of nitrogens with one attached hydrogen (secondary N) is 1. The van der Waals surface area contributed by atoms with Gasteiger partial charge < -0.3 is 10.1 Å². The number of nitrogens with zero attached hydrogens (tertiary/aromatic N) is 2. The molecule has 149 valence electrons. The van der Waals surface area contributed by atoms with E-state index < -0.39 is 0 Å². The van der Waals surface area contributed by atoms with Crippen LogP contribution < -0.4 is 10.1 Å². The Hall–Kier alpha value is -3.91. The van der Waals surface area contributed by atoms with E-state index in [2.05, 4.69) is 16.4 Å². The van der Waals surface area contributed by atoms with Crippen LogP contribution in [0.1, 0.15) is 23.2 Å². The Kier molecular flexibility index (Phi) is 7.76. The van der Waals surface area contributed by atoms with Crippen molar-refractivity contribution < 1.29 is 9.53 Å². The fourth-order valence-electron chi connectivity index (χ4n) is 2.78. The molecular formula is C25H22N3O2. The maximum atomic E-state index is 12.0. The fourth-order valence-corrected chi connectivity index (χ4v) is 2.78. The second-order valence-electron chi connectivity index (χ2n) is 6.52. The molecule has 0 aliphatic heterocycles. The Morgan fingerprint density at radius 2 is 1.90 bits per heavy atom. The van der Waals surface area contributed by atoms with Crippen LogP contribution in [0.3, 0.4) is 0 Å². The van der Waals surface area contributed by atoms with Gasteiger partial charge in [0, 0.05) is 6.20 Å². The normalized spacial score (nSPS) is 10.8. The van der Waals surface area contributed by atoms with E-state index in [0.29, 0.717) is 23.4 Å². The quantitative estimate of drug-likeness (QED) is 0.543. The summed E-state index contributed by atoms with van der Waals surface area (Å²) in [5.41, 5.74) is 3.06. The van der Waals surface area contributed by atoms with Gasteiger partial charge in [-0.3, -0.25) is 9.78 Å². The van der Waals surface area contributed by atoms with E-state index in [9.17, 15) is 10.1 Å². The van der Waals surface area contributed by atoms with Gasteiger partial charge in [0.15, 0.2) is 0 Å². The average Bonchev–Trinajstić information content (AvgIpc) is 2.79. The number of benzene rings is 2. The van der Waals surface area contributed by atoms with E-state index in [1.54, 1.807) is 24.9 Å². The van der Waals surface area contributed by atoms with Crippen LogP contribution in [0.5, 0.6) is 5.75 Å². The maximum absolute atomic E-state index is 12.0. The van der Waals surface area contributed by atoms with E-state index in [4.69, 9.17) is 4.74 Å². The Labute approximate surface area is 176 Å². The molecule has 1 radical (unpaired) electrons. The summed E-state index contributed by atoms with van der Waals surface area (Å²) in [6.07, 6.45) is 4.35. The van der Waals surface area contributed by atoms with Crippen LogP contribution in [0.25, 0.3) is 11.6 Å². The zero-order valence-electron chi connectivity index (χ0n) is 16.5. The Balaban J connectivity index is 1.48. The van der Waals surface area contributed by atoms with Gasteiger partial charge in [-0.05, 0) is 47.9 Å². The number of hydrogen-bond donors (Lipinski definition) is 1. The van der Waals surface area contributed by atoms with Gasteiger partial charge in [-0.25, -0.2) is 0 Å². The number of nitriles is 1. The predicted octanol–water partition coefficient (Wildman–Crippen LogP) is 4.44. The molecular weight excluding hydrogens is 374 g/mol. The van der Waals surface area contributed by atoms with Crippen molar-refractivity contribution in [3.8, 4) is 11.8 Å². The molecule has 0 fully saturated rings. The van der Waals surface area contributed by atoms with Crippen LogP contribution in [0.2, 0.25) is 0 Å². The van der Waals surface area contributed by atoms with Crippen molar-refractivity contribution in [2.45, 2.75) is 12.8 Å². The second-order valence-corrected chi connectivity index (χ2v) is 6.52. The third-order valence-corrected chi connectivity index (χ3v) is 4.27. The summed E-state index contributed by atoms with van der Waals surface area (Å²) in [7, 11) is 0. The summed E-state index contributed by atoms with van der Waals surface area (Å²) >= 11 is 0. The molecule has 0 aliphatic carbocycles. The van der Waals surface area contributed by atoms with Crippen LogP contribution in [-0.2, 0) is 11.2 Å². The number of rotatable bonds is 9. The van der Waals surface area contributed by atoms with Gasteiger partial charge in [0.25, 0.3) is 0 Å². The highest BCUT2D eigenvalue weighted by Gasteiger charge is 2.05. The first-order chi connectivity index (χ1) is 14.7. The van der Waals surface area contributed by atoms with E-state index in [0.717, 1.165) is 11.1 Å². The first-order valence-corrected chi connectivity index (χ1v) is 9.65. The van der Waals surface area contributed by atoms with Gasteiger partial charge in [0.1, 0.15) is 11.8 Å². The number of pyridine rings is 1. The molecule has 30 heavy (non-hydrogen) atoms. The molecule has 0 bridgehead atoms. The van der Waals surface area contributed by atoms with Crippen molar-refractivity contribution in [1.29, 1.82) is 5.26 Å². The molecule has 0 saturated carbocycles. The van der Waals surface area contributed by atoms with Gasteiger partial charge in [-0.1, -0.05) is 48.5 Å². The molecule has 0 atom stereocenters. The van der Waals surface area contributed by atoms with Crippen molar-refractivity contribution in [3.63, 3.8) is 0 Å². The summed E-state index contributed by atoms with van der Waals surface area (Å²) in [5.74, 6) is 0.548. The maximum Gasteiger partial charge on any atom is 0.223 e. The van der Waals surface area contributed by atoms with Crippen molar-refractivity contribution >= 4 is 17.6 Å². The number of amides is 1. The van der Waals surface area contributed by atoms with Gasteiger partial charge in [0.05, 0.1) is 30.8 Å². The molecule has 1 aromatic heterocycles. The monoisotopic (exact) mass is 396 g/mol. The molecule has 0 saturated heterocycles. The Morgan fingerprint density at radius 1 is 1.07 bits per heavy atom. The summed E-state index contributed by atoms with van der Waals surface area (Å²) in [6, 6.07) is 24.9. The molecule has 3 aromatic rings. The highest BCUT2D eigenvalue weighted by molar-refractivity contribution is 5.88. The largest absolute Gasteiger partial charge is 0.493 e. The highest BCUT2D eigenvalue weighted by atomic mass is 16.5. The van der Waals surface area contributed by atoms with Crippen LogP contribution in [0.4, 0.5) is 0 Å². The van der Waals surface area contributed by atoms with Crippen LogP contribution in [0.15, 0.2) is 79.0 Å². The predicted molar refractivity (Wildman–Crippen MR) is 117 cm³/mol. The lowest BCUT2D eigenvalue weighted by atomic mass is 10.1. The van der Waals surface area contributed by atoms with E-state index in [1.165, 1.54) is 0 Å². The number of aromatic nitrogens is 1. The molecule has 0 unspecified atom stereocenters. The number of carbonyl (C=O) groups excluding carboxylic acids is 1. The lowest BCUT2D eigenvalue weighted by Crippen LogP contribution is -2.23. The van der Waals surface area contributed by atoms with Gasteiger partial charge in [0.2, 0.25) is 5.91 Å². The van der Waals surface area contributed by atoms with Crippen LogP contribution >= 0.6 is 0 Å². The number of carbonyl (C=O) groups is 1. The minimum absolute atomic E-state index is 0.0936. The van der Waals surface area contributed by atoms with E-state index >= 15 is 0 Å². The lowest BCUT2D eigenvalue weighted by Gasteiger charge is -2.08. The van der Waals surface area contributed by atoms with Crippen molar-refractivity contribution in [1.82, 2.24) is 10.3 Å². The molecule has 0 aliphatic rings. The highest BCUT2D eigenvalue weighted by Crippen LogP contribution is 2.19. The lowest BCUT2D eigenvalue weighted by molar-refractivity contribution is -0.121. The van der Waals surface area contributed by atoms with Gasteiger partial charge >= 0.3 is 0 Å².